The molecule has 2 N–H and O–H groups in total. The van der Waals surface area contributed by atoms with Crippen molar-refractivity contribution in [3.63, 3.8) is 0 Å². The summed E-state index contributed by atoms with van der Waals surface area (Å²) in [6.45, 7) is 0.278. The molecule has 27 heavy (non-hydrogen) atoms. The maximum atomic E-state index is 13.4. The molecule has 0 aliphatic carbocycles. The Morgan fingerprint density at radius 1 is 1.33 bits per heavy atom. The van der Waals surface area contributed by atoms with E-state index in [1.165, 1.54) is 18.2 Å². The SMILES string of the molecule is O=C1CC(C(=O)NCc2ccc(-n3cccn3)nc2)c2ccc(F)cc2N1. The summed E-state index contributed by atoms with van der Waals surface area (Å²) in [5, 5.41) is 9.53. The zero-order valence-electron chi connectivity index (χ0n) is 14.2. The summed E-state index contributed by atoms with van der Waals surface area (Å²) in [7, 11) is 0. The fraction of sp³-hybridized carbons (Fsp3) is 0.158. The first-order chi connectivity index (χ1) is 13.1. The number of hydrogen-bond donors (Lipinski definition) is 2. The van der Waals surface area contributed by atoms with Crippen LogP contribution in [-0.4, -0.2) is 26.6 Å². The van der Waals surface area contributed by atoms with E-state index < -0.39 is 11.7 Å². The number of halogens is 1. The van der Waals surface area contributed by atoms with Gasteiger partial charge in [0.2, 0.25) is 11.8 Å². The monoisotopic (exact) mass is 365 g/mol. The number of fused-ring (bicyclic) bond motifs is 1. The molecule has 0 saturated carbocycles. The van der Waals surface area contributed by atoms with Crippen LogP contribution in [0.2, 0.25) is 0 Å². The minimum absolute atomic E-state index is 0.0287. The van der Waals surface area contributed by atoms with Gasteiger partial charge in [-0.1, -0.05) is 12.1 Å². The minimum Gasteiger partial charge on any atom is -0.351 e. The number of nitrogens with one attached hydrogen (secondary N) is 2. The third kappa shape index (κ3) is 3.55. The van der Waals surface area contributed by atoms with Crippen molar-refractivity contribution >= 4 is 17.5 Å². The number of aromatic nitrogens is 3. The zero-order chi connectivity index (χ0) is 18.8. The van der Waals surface area contributed by atoms with Gasteiger partial charge >= 0.3 is 0 Å². The Bertz CT molecular complexity index is 986. The summed E-state index contributed by atoms with van der Waals surface area (Å²) < 4.78 is 15.0. The molecule has 0 spiro atoms. The molecule has 1 aromatic carbocycles. The summed E-state index contributed by atoms with van der Waals surface area (Å²) in [6, 6.07) is 9.51. The average molecular weight is 365 g/mol. The molecule has 1 aliphatic rings. The van der Waals surface area contributed by atoms with Gasteiger partial charge in [-0.2, -0.15) is 5.10 Å². The number of nitrogens with zero attached hydrogens (tertiary/aromatic N) is 3. The Hall–Kier alpha value is -3.55. The van der Waals surface area contributed by atoms with Crippen molar-refractivity contribution in [1.29, 1.82) is 0 Å². The van der Waals surface area contributed by atoms with Gasteiger partial charge in [-0.3, -0.25) is 9.59 Å². The number of carbonyl (C=O) groups is 2. The third-order valence-corrected chi connectivity index (χ3v) is 4.39. The lowest BCUT2D eigenvalue weighted by molar-refractivity contribution is -0.126. The van der Waals surface area contributed by atoms with Crippen molar-refractivity contribution < 1.29 is 14.0 Å². The van der Waals surface area contributed by atoms with E-state index in [1.807, 2.05) is 6.07 Å². The van der Waals surface area contributed by atoms with Crippen molar-refractivity contribution in [1.82, 2.24) is 20.1 Å². The van der Waals surface area contributed by atoms with Crippen LogP contribution in [0.1, 0.15) is 23.5 Å². The molecular weight excluding hydrogens is 349 g/mol. The van der Waals surface area contributed by atoms with E-state index in [1.54, 1.807) is 35.4 Å². The highest BCUT2D eigenvalue weighted by Gasteiger charge is 2.30. The van der Waals surface area contributed by atoms with E-state index in [0.29, 0.717) is 17.1 Å². The normalized spacial score (nSPS) is 15.7. The van der Waals surface area contributed by atoms with Gasteiger partial charge in [0.1, 0.15) is 5.82 Å². The minimum atomic E-state index is -0.648. The predicted molar refractivity (Wildman–Crippen MR) is 95.6 cm³/mol. The number of anilines is 1. The standard InChI is InChI=1S/C19H16FN5O2/c20-13-3-4-14-15(9-18(26)24-16(14)8-13)19(27)22-11-12-2-5-17(21-10-12)25-7-1-6-23-25/h1-8,10,15H,9,11H2,(H,22,27)(H,24,26). The van der Waals surface area contributed by atoms with Gasteiger partial charge in [-0.15, -0.1) is 0 Å². The maximum Gasteiger partial charge on any atom is 0.228 e. The maximum absolute atomic E-state index is 13.4. The molecule has 0 saturated heterocycles. The molecule has 4 rings (SSSR count). The number of rotatable bonds is 4. The summed E-state index contributed by atoms with van der Waals surface area (Å²) >= 11 is 0. The van der Waals surface area contributed by atoms with Gasteiger partial charge in [0.25, 0.3) is 0 Å². The first kappa shape index (κ1) is 16.9. The van der Waals surface area contributed by atoms with Crippen LogP contribution in [0.4, 0.5) is 10.1 Å². The summed E-state index contributed by atoms with van der Waals surface area (Å²) in [5.74, 6) is -1.02. The van der Waals surface area contributed by atoms with Crippen molar-refractivity contribution in [2.45, 2.75) is 18.9 Å². The smallest absolute Gasteiger partial charge is 0.228 e. The lowest BCUT2D eigenvalue weighted by Gasteiger charge is -2.24. The highest BCUT2D eigenvalue weighted by Crippen LogP contribution is 2.32. The van der Waals surface area contributed by atoms with Crippen LogP contribution in [0.25, 0.3) is 5.82 Å². The van der Waals surface area contributed by atoms with Gasteiger partial charge in [0.15, 0.2) is 5.82 Å². The topological polar surface area (TPSA) is 88.9 Å². The van der Waals surface area contributed by atoms with Crippen molar-refractivity contribution in [3.05, 3.63) is 71.9 Å². The van der Waals surface area contributed by atoms with Gasteiger partial charge in [0, 0.05) is 37.2 Å². The van der Waals surface area contributed by atoms with Crippen molar-refractivity contribution in [2.75, 3.05) is 5.32 Å². The van der Waals surface area contributed by atoms with Crippen LogP contribution >= 0.6 is 0 Å². The van der Waals surface area contributed by atoms with E-state index in [4.69, 9.17) is 0 Å². The van der Waals surface area contributed by atoms with Crippen LogP contribution in [0, 0.1) is 5.82 Å². The Balaban J connectivity index is 1.45. The second-order valence-corrected chi connectivity index (χ2v) is 6.23. The zero-order valence-corrected chi connectivity index (χ0v) is 14.2. The Kier molecular flexibility index (Phi) is 4.37. The quantitative estimate of drug-likeness (QED) is 0.741. The van der Waals surface area contributed by atoms with E-state index in [2.05, 4.69) is 20.7 Å². The van der Waals surface area contributed by atoms with E-state index >= 15 is 0 Å². The summed E-state index contributed by atoms with van der Waals surface area (Å²) in [5.41, 5.74) is 1.77. The summed E-state index contributed by atoms with van der Waals surface area (Å²) in [6.07, 6.45) is 5.15. The van der Waals surface area contributed by atoms with Crippen LogP contribution < -0.4 is 10.6 Å². The Labute approximate surface area is 154 Å². The number of pyridine rings is 1. The molecule has 1 atom stereocenters. The molecule has 3 heterocycles. The number of hydrogen-bond acceptors (Lipinski definition) is 4. The second kappa shape index (κ2) is 6.99. The van der Waals surface area contributed by atoms with Crippen molar-refractivity contribution in [2.24, 2.45) is 0 Å². The van der Waals surface area contributed by atoms with Gasteiger partial charge in [-0.25, -0.2) is 14.1 Å². The largest absolute Gasteiger partial charge is 0.351 e. The first-order valence-electron chi connectivity index (χ1n) is 8.42. The fourth-order valence-corrected chi connectivity index (χ4v) is 3.04. The molecule has 0 radical (unpaired) electrons. The number of benzene rings is 1. The fourth-order valence-electron chi connectivity index (χ4n) is 3.04. The lowest BCUT2D eigenvalue weighted by Crippen LogP contribution is -2.34. The van der Waals surface area contributed by atoms with Gasteiger partial charge < -0.3 is 10.6 Å². The highest BCUT2D eigenvalue weighted by molar-refractivity contribution is 6.01. The van der Waals surface area contributed by atoms with Crippen LogP contribution in [0.3, 0.4) is 0 Å². The Morgan fingerprint density at radius 2 is 2.22 bits per heavy atom. The van der Waals surface area contributed by atoms with E-state index in [-0.39, 0.29) is 24.8 Å². The summed E-state index contributed by atoms with van der Waals surface area (Å²) in [4.78, 5) is 28.8. The molecule has 0 bridgehead atoms. The molecule has 1 aliphatic heterocycles. The molecule has 3 aromatic rings. The van der Waals surface area contributed by atoms with Crippen LogP contribution in [-0.2, 0) is 16.1 Å². The number of carbonyl (C=O) groups excluding carboxylic acids is 2. The molecule has 8 heteroatoms. The van der Waals surface area contributed by atoms with E-state index in [0.717, 1.165) is 5.56 Å². The molecule has 136 valence electrons. The van der Waals surface area contributed by atoms with Crippen LogP contribution in [0.5, 0.6) is 0 Å². The Morgan fingerprint density at radius 3 is 2.96 bits per heavy atom. The van der Waals surface area contributed by atoms with E-state index in [9.17, 15) is 14.0 Å². The third-order valence-electron chi connectivity index (χ3n) is 4.39. The molecule has 1 unspecified atom stereocenters. The van der Waals surface area contributed by atoms with Crippen molar-refractivity contribution in [3.8, 4) is 5.82 Å². The number of amides is 2. The highest BCUT2D eigenvalue weighted by atomic mass is 19.1. The predicted octanol–water partition coefficient (Wildman–Crippen LogP) is 2.15. The molecule has 2 aromatic heterocycles. The van der Waals surface area contributed by atoms with Crippen LogP contribution in [0.15, 0.2) is 55.0 Å². The first-order valence-corrected chi connectivity index (χ1v) is 8.42. The van der Waals surface area contributed by atoms with Gasteiger partial charge in [-0.05, 0) is 35.4 Å². The molecular formula is C19H16FN5O2. The molecule has 0 fully saturated rings. The molecule has 2 amide bonds. The van der Waals surface area contributed by atoms with Gasteiger partial charge in [0.05, 0.1) is 5.92 Å². The second-order valence-electron chi connectivity index (χ2n) is 6.23. The molecule has 7 nitrogen and oxygen atoms in total. The lowest BCUT2D eigenvalue weighted by atomic mass is 9.89. The average Bonchev–Trinajstić information content (AvgIpc) is 3.20.